The fraction of sp³-hybridized carbons (Fsp3) is 0.630. The Labute approximate surface area is 189 Å². The number of thioether (sulfide) groups is 1. The number of hydrogen-bond donors (Lipinski definition) is 2. The summed E-state index contributed by atoms with van der Waals surface area (Å²) < 4.78 is 0. The molecule has 0 heterocycles. The molecule has 2 N–H and O–H groups in total. The summed E-state index contributed by atoms with van der Waals surface area (Å²) in [6.07, 6.45) is 14.3. The molecule has 0 spiro atoms. The lowest BCUT2D eigenvalue weighted by molar-refractivity contribution is 0.165. The highest BCUT2D eigenvalue weighted by Gasteiger charge is 2.26. The Balaban J connectivity index is 2.26. The fourth-order valence-corrected chi connectivity index (χ4v) is 4.95. The minimum absolute atomic E-state index is 0.126. The van der Waals surface area contributed by atoms with Crippen molar-refractivity contribution in [2.45, 2.75) is 78.1 Å². The summed E-state index contributed by atoms with van der Waals surface area (Å²) in [6, 6.07) is 10.4. The second kappa shape index (κ2) is 14.9. The predicted octanol–water partition coefficient (Wildman–Crippen LogP) is 6.92. The number of hydrogen-bond acceptors (Lipinski definition) is 3. The van der Waals surface area contributed by atoms with Gasteiger partial charge in [0, 0.05) is 10.8 Å². The molecular weight excluding hydrogens is 388 g/mol. The maximum Gasteiger partial charge on any atom is 0.0525 e. The molecule has 1 rings (SSSR count). The van der Waals surface area contributed by atoms with Crippen molar-refractivity contribution < 1.29 is 10.2 Å². The molecule has 170 valence electrons. The zero-order chi connectivity index (χ0) is 22.3. The Morgan fingerprint density at radius 1 is 0.933 bits per heavy atom. The SMILES string of the molecule is C/C=C\C(=C/CC)C(C)(CO)CCCCSCCCCC(C)(CO)c1ccccc1. The van der Waals surface area contributed by atoms with Crippen molar-refractivity contribution in [3.8, 4) is 0 Å². The molecular formula is C27H44O2S. The van der Waals surface area contributed by atoms with Crippen molar-refractivity contribution >= 4 is 11.8 Å². The molecule has 0 bridgehead atoms. The Morgan fingerprint density at radius 2 is 1.57 bits per heavy atom. The topological polar surface area (TPSA) is 40.5 Å². The quantitative estimate of drug-likeness (QED) is 0.220. The summed E-state index contributed by atoms with van der Waals surface area (Å²) in [5.41, 5.74) is 2.26. The van der Waals surface area contributed by atoms with Crippen LogP contribution in [0.1, 0.15) is 78.2 Å². The van der Waals surface area contributed by atoms with Crippen LogP contribution in [0.15, 0.2) is 54.1 Å². The molecule has 3 heteroatoms. The number of benzene rings is 1. The first kappa shape index (κ1) is 27.0. The smallest absolute Gasteiger partial charge is 0.0525 e. The molecule has 1 aromatic carbocycles. The summed E-state index contributed by atoms with van der Waals surface area (Å²) in [5.74, 6) is 2.38. The molecule has 0 aliphatic rings. The van der Waals surface area contributed by atoms with E-state index < -0.39 is 0 Å². The minimum Gasteiger partial charge on any atom is -0.395 e. The molecule has 2 unspecified atom stereocenters. The van der Waals surface area contributed by atoms with Crippen LogP contribution in [0.4, 0.5) is 0 Å². The van der Waals surface area contributed by atoms with Gasteiger partial charge in [0.2, 0.25) is 0 Å². The van der Waals surface area contributed by atoms with Crippen LogP contribution in [0.5, 0.6) is 0 Å². The fourth-order valence-electron chi connectivity index (χ4n) is 3.93. The summed E-state index contributed by atoms with van der Waals surface area (Å²) in [7, 11) is 0. The molecule has 2 atom stereocenters. The molecule has 0 aliphatic carbocycles. The molecule has 0 aliphatic heterocycles. The zero-order valence-corrected chi connectivity index (χ0v) is 20.5. The van der Waals surface area contributed by atoms with Gasteiger partial charge in [-0.05, 0) is 61.7 Å². The van der Waals surface area contributed by atoms with E-state index in [1.165, 1.54) is 35.5 Å². The molecule has 0 fully saturated rings. The maximum absolute atomic E-state index is 9.98. The monoisotopic (exact) mass is 432 g/mol. The second-order valence-electron chi connectivity index (χ2n) is 8.90. The highest BCUT2D eigenvalue weighted by atomic mass is 32.2. The third-order valence-corrected chi connectivity index (χ3v) is 7.33. The summed E-state index contributed by atoms with van der Waals surface area (Å²) >= 11 is 2.04. The van der Waals surface area contributed by atoms with Crippen LogP contribution in [0.25, 0.3) is 0 Å². The highest BCUT2D eigenvalue weighted by Crippen LogP contribution is 2.34. The number of rotatable bonds is 16. The van der Waals surface area contributed by atoms with Crippen LogP contribution in [0.2, 0.25) is 0 Å². The summed E-state index contributed by atoms with van der Waals surface area (Å²) in [4.78, 5) is 0. The van der Waals surface area contributed by atoms with E-state index in [1.807, 2.05) is 24.8 Å². The Morgan fingerprint density at radius 3 is 2.10 bits per heavy atom. The molecule has 0 saturated carbocycles. The minimum atomic E-state index is -0.128. The number of aliphatic hydroxyl groups excluding tert-OH is 2. The molecule has 30 heavy (non-hydrogen) atoms. The number of allylic oxidation sites excluding steroid dienone is 3. The van der Waals surface area contributed by atoms with Crippen molar-refractivity contribution in [1.82, 2.24) is 0 Å². The van der Waals surface area contributed by atoms with E-state index in [0.29, 0.717) is 0 Å². The third kappa shape index (κ3) is 8.99. The van der Waals surface area contributed by atoms with Gasteiger partial charge in [-0.1, -0.05) is 82.2 Å². The second-order valence-corrected chi connectivity index (χ2v) is 10.1. The van der Waals surface area contributed by atoms with Gasteiger partial charge in [-0.15, -0.1) is 0 Å². The van der Waals surface area contributed by atoms with E-state index in [4.69, 9.17) is 0 Å². The maximum atomic E-state index is 9.98. The Kier molecular flexibility index (Phi) is 13.4. The van der Waals surface area contributed by atoms with E-state index in [1.54, 1.807) is 0 Å². The van der Waals surface area contributed by atoms with Crippen molar-refractivity contribution in [1.29, 1.82) is 0 Å². The summed E-state index contributed by atoms with van der Waals surface area (Å²) in [6.45, 7) is 8.97. The average molecular weight is 433 g/mol. The van der Waals surface area contributed by atoms with Gasteiger partial charge in [-0.2, -0.15) is 11.8 Å². The van der Waals surface area contributed by atoms with Gasteiger partial charge in [0.25, 0.3) is 0 Å². The molecule has 0 radical (unpaired) electrons. The van der Waals surface area contributed by atoms with Crippen molar-refractivity contribution in [3.05, 3.63) is 59.7 Å². The standard InChI is InChI=1S/C27H44O2S/c1-5-14-24(15-6-2)26(3,22-28)18-10-12-20-30-21-13-11-19-27(4,23-29)25-16-8-7-9-17-25/h5,7-9,14-17,28-29H,6,10-13,18-23H2,1-4H3/b14-5-,24-15+. The first-order chi connectivity index (χ1) is 14.5. The number of aliphatic hydroxyl groups is 2. The van der Waals surface area contributed by atoms with Gasteiger partial charge < -0.3 is 10.2 Å². The van der Waals surface area contributed by atoms with Crippen LogP contribution in [0, 0.1) is 5.41 Å². The van der Waals surface area contributed by atoms with E-state index in [2.05, 4.69) is 63.3 Å². The van der Waals surface area contributed by atoms with Crippen LogP contribution in [0.3, 0.4) is 0 Å². The molecule has 0 amide bonds. The van der Waals surface area contributed by atoms with Gasteiger partial charge in [0.1, 0.15) is 0 Å². The highest BCUT2D eigenvalue weighted by molar-refractivity contribution is 7.99. The molecule has 0 aromatic heterocycles. The van der Waals surface area contributed by atoms with Gasteiger partial charge in [0.15, 0.2) is 0 Å². The predicted molar refractivity (Wildman–Crippen MR) is 134 cm³/mol. The Hall–Kier alpha value is -1.03. The average Bonchev–Trinajstić information content (AvgIpc) is 2.78. The van der Waals surface area contributed by atoms with Gasteiger partial charge in [-0.3, -0.25) is 0 Å². The molecule has 0 saturated heterocycles. The number of unbranched alkanes of at least 4 members (excludes halogenated alkanes) is 2. The summed E-state index contributed by atoms with van der Waals surface area (Å²) in [5, 5.41) is 19.9. The van der Waals surface area contributed by atoms with E-state index in [0.717, 1.165) is 32.1 Å². The van der Waals surface area contributed by atoms with Crippen LogP contribution in [-0.4, -0.2) is 34.9 Å². The Bertz CT molecular complexity index is 625. The van der Waals surface area contributed by atoms with Crippen molar-refractivity contribution in [2.75, 3.05) is 24.7 Å². The van der Waals surface area contributed by atoms with E-state index in [9.17, 15) is 10.2 Å². The van der Waals surface area contributed by atoms with Crippen LogP contribution < -0.4 is 0 Å². The molecule has 1 aromatic rings. The van der Waals surface area contributed by atoms with E-state index >= 15 is 0 Å². The van der Waals surface area contributed by atoms with Crippen LogP contribution in [-0.2, 0) is 5.41 Å². The van der Waals surface area contributed by atoms with Gasteiger partial charge in [-0.25, -0.2) is 0 Å². The normalized spacial score (nSPS) is 16.5. The molecule has 2 nitrogen and oxygen atoms in total. The van der Waals surface area contributed by atoms with Crippen molar-refractivity contribution in [2.24, 2.45) is 5.41 Å². The lowest BCUT2D eigenvalue weighted by Crippen LogP contribution is -2.26. The first-order valence-electron chi connectivity index (χ1n) is 11.6. The lowest BCUT2D eigenvalue weighted by Gasteiger charge is -2.29. The third-order valence-electron chi connectivity index (χ3n) is 6.17. The lowest BCUT2D eigenvalue weighted by atomic mass is 9.77. The first-order valence-corrected chi connectivity index (χ1v) is 12.8. The van der Waals surface area contributed by atoms with E-state index in [-0.39, 0.29) is 24.0 Å². The van der Waals surface area contributed by atoms with Gasteiger partial charge >= 0.3 is 0 Å². The largest absolute Gasteiger partial charge is 0.395 e. The van der Waals surface area contributed by atoms with Gasteiger partial charge in [0.05, 0.1) is 13.2 Å². The van der Waals surface area contributed by atoms with Crippen LogP contribution >= 0.6 is 11.8 Å². The van der Waals surface area contributed by atoms with Crippen molar-refractivity contribution in [3.63, 3.8) is 0 Å². The zero-order valence-electron chi connectivity index (χ0n) is 19.7.